The summed E-state index contributed by atoms with van der Waals surface area (Å²) >= 11 is 1.07. The minimum absolute atomic E-state index is 0.103. The van der Waals surface area contributed by atoms with Gasteiger partial charge < -0.3 is 15.5 Å². The number of para-hydroxylation sites is 1. The lowest BCUT2D eigenvalue weighted by molar-refractivity contribution is -0.137. The molecule has 3 aromatic rings. The van der Waals surface area contributed by atoms with Crippen molar-refractivity contribution in [1.82, 2.24) is 4.90 Å². The van der Waals surface area contributed by atoms with Crippen LogP contribution in [0.25, 0.3) is 11.3 Å². The number of amides is 1. The van der Waals surface area contributed by atoms with E-state index in [0.29, 0.717) is 16.6 Å². The maximum absolute atomic E-state index is 13.5. The quantitative estimate of drug-likeness (QED) is 0.437. The van der Waals surface area contributed by atoms with Gasteiger partial charge in [0.2, 0.25) is 0 Å². The monoisotopic (exact) mass is 521 g/mol. The van der Waals surface area contributed by atoms with E-state index in [9.17, 15) is 23.2 Å². The number of rotatable bonds is 4. The number of alkyl halides is 3. The molecule has 0 spiro atoms. The molecule has 0 unspecified atom stereocenters. The predicted molar refractivity (Wildman–Crippen MR) is 133 cm³/mol. The normalized spacial score (nSPS) is 17.4. The smallest absolute Gasteiger partial charge is 0.416 e. The number of halogens is 3. The number of nitrogens with two attached hydrogens (primary N) is 1. The van der Waals surface area contributed by atoms with Crippen LogP contribution in [0.2, 0.25) is 0 Å². The van der Waals surface area contributed by atoms with Crippen molar-refractivity contribution < 1.29 is 22.4 Å². The van der Waals surface area contributed by atoms with Crippen molar-refractivity contribution in [3.8, 4) is 17.4 Å². The minimum atomic E-state index is -4.51. The third-order valence-electron chi connectivity index (χ3n) is 5.82. The Morgan fingerprint density at radius 2 is 1.92 bits per heavy atom. The number of allylic oxidation sites excluding steroid dienone is 2. The second-order valence-corrected chi connectivity index (χ2v) is 9.17. The highest BCUT2D eigenvalue weighted by Gasteiger charge is 2.43. The van der Waals surface area contributed by atoms with Gasteiger partial charge in [-0.15, -0.1) is 0 Å². The average Bonchev–Trinajstić information content (AvgIpc) is 3.48. The van der Waals surface area contributed by atoms with Crippen molar-refractivity contribution in [3.63, 3.8) is 0 Å². The van der Waals surface area contributed by atoms with E-state index in [2.05, 4.69) is 10.3 Å². The largest absolute Gasteiger partial charge is 0.458 e. The van der Waals surface area contributed by atoms with Crippen LogP contribution in [0.4, 0.5) is 18.9 Å². The number of anilines is 1. The van der Waals surface area contributed by atoms with Gasteiger partial charge in [0.1, 0.15) is 34.4 Å². The number of amidine groups is 1. The molecule has 37 heavy (non-hydrogen) atoms. The fourth-order valence-electron chi connectivity index (χ4n) is 4.12. The van der Waals surface area contributed by atoms with Crippen LogP contribution in [0.1, 0.15) is 24.3 Å². The molecule has 0 aliphatic carbocycles. The number of hydrogen-bond acceptors (Lipinski definition) is 7. The van der Waals surface area contributed by atoms with Gasteiger partial charge in [0.05, 0.1) is 16.8 Å². The van der Waals surface area contributed by atoms with Gasteiger partial charge in [0.25, 0.3) is 5.91 Å². The van der Waals surface area contributed by atoms with Crippen LogP contribution >= 0.6 is 11.8 Å². The Kier molecular flexibility index (Phi) is 6.05. The van der Waals surface area contributed by atoms with E-state index >= 15 is 0 Å². The number of thioether (sulfide) groups is 1. The molecule has 2 aliphatic rings. The Hall–Kier alpha value is -4.43. The van der Waals surface area contributed by atoms with Crippen LogP contribution in [0.3, 0.4) is 0 Å². The summed E-state index contributed by atoms with van der Waals surface area (Å²) in [6.45, 7) is 1.66. The molecule has 186 valence electrons. The first-order valence-electron chi connectivity index (χ1n) is 11.0. The Bertz CT molecular complexity index is 1530. The molecule has 3 heterocycles. The average molecular weight is 522 g/mol. The van der Waals surface area contributed by atoms with Crippen molar-refractivity contribution in [3.05, 3.63) is 100 Å². The molecule has 1 amide bonds. The second-order valence-electron chi connectivity index (χ2n) is 8.19. The first-order valence-corrected chi connectivity index (χ1v) is 11.8. The topological polar surface area (TPSA) is 108 Å². The van der Waals surface area contributed by atoms with Crippen molar-refractivity contribution >= 4 is 28.5 Å². The third-order valence-corrected chi connectivity index (χ3v) is 6.80. The maximum atomic E-state index is 13.5. The van der Waals surface area contributed by atoms with Crippen LogP contribution < -0.4 is 11.1 Å². The maximum Gasteiger partial charge on any atom is 0.416 e. The Labute approximate surface area is 213 Å². The summed E-state index contributed by atoms with van der Waals surface area (Å²) in [5.74, 6) is 0.0724. The lowest BCUT2D eigenvalue weighted by Gasteiger charge is -2.33. The molecule has 0 fully saturated rings. The van der Waals surface area contributed by atoms with Gasteiger partial charge in [0, 0.05) is 11.3 Å². The highest BCUT2D eigenvalue weighted by Crippen LogP contribution is 2.46. The standard InChI is InChI=1S/C26H18F3N5O2S/c1-14-21(24(35)33-17-8-3-2-4-9-17)22(34-23(31)20(13-30)37-25(34)32-14)19-11-10-18(36-19)15-6-5-7-16(12-15)26(27,28)29/h2-12,22H,31H2,1H3,(H,33,35)/t22-/m1/s1. The number of benzene rings is 2. The number of nitrogens with zero attached hydrogens (tertiary/aromatic N) is 3. The molecule has 0 saturated carbocycles. The minimum Gasteiger partial charge on any atom is -0.458 e. The highest BCUT2D eigenvalue weighted by atomic mass is 32.2. The first kappa shape index (κ1) is 24.3. The molecule has 0 saturated heterocycles. The van der Waals surface area contributed by atoms with Gasteiger partial charge in [-0.2, -0.15) is 18.4 Å². The van der Waals surface area contributed by atoms with Crippen molar-refractivity contribution in [2.24, 2.45) is 10.7 Å². The van der Waals surface area contributed by atoms with E-state index < -0.39 is 23.7 Å². The van der Waals surface area contributed by atoms with Crippen LogP contribution in [-0.2, 0) is 11.0 Å². The Balaban J connectivity index is 1.59. The molecule has 7 nitrogen and oxygen atoms in total. The van der Waals surface area contributed by atoms with E-state index in [0.717, 1.165) is 23.9 Å². The molecular formula is C26H18F3N5O2S. The van der Waals surface area contributed by atoms with E-state index in [4.69, 9.17) is 10.2 Å². The number of carbonyl (C=O) groups excluding carboxylic acids is 1. The fourth-order valence-corrected chi connectivity index (χ4v) is 5.04. The Morgan fingerprint density at radius 3 is 2.62 bits per heavy atom. The highest BCUT2D eigenvalue weighted by molar-refractivity contribution is 8.17. The molecule has 1 aromatic heterocycles. The molecule has 2 aliphatic heterocycles. The zero-order valence-electron chi connectivity index (χ0n) is 19.2. The van der Waals surface area contributed by atoms with Crippen LogP contribution in [0.15, 0.2) is 98.1 Å². The van der Waals surface area contributed by atoms with Crippen LogP contribution in [0.5, 0.6) is 0 Å². The van der Waals surface area contributed by atoms with E-state index in [1.807, 2.05) is 12.1 Å². The summed E-state index contributed by atoms with van der Waals surface area (Å²) in [6, 6.07) is 17.8. The zero-order chi connectivity index (χ0) is 26.3. The van der Waals surface area contributed by atoms with E-state index in [1.165, 1.54) is 23.1 Å². The lowest BCUT2D eigenvalue weighted by atomic mass is 9.98. The number of nitriles is 1. The van der Waals surface area contributed by atoms with E-state index in [-0.39, 0.29) is 33.4 Å². The van der Waals surface area contributed by atoms with Gasteiger partial charge in [0.15, 0.2) is 5.17 Å². The zero-order valence-corrected chi connectivity index (χ0v) is 20.0. The van der Waals surface area contributed by atoms with Crippen molar-refractivity contribution in [1.29, 1.82) is 5.26 Å². The van der Waals surface area contributed by atoms with Crippen LogP contribution in [0, 0.1) is 11.3 Å². The molecule has 3 N–H and O–H groups in total. The number of fused-ring (bicyclic) bond motifs is 1. The van der Waals surface area contributed by atoms with Gasteiger partial charge in [-0.1, -0.05) is 30.3 Å². The number of furan rings is 1. The molecule has 0 bridgehead atoms. The lowest BCUT2D eigenvalue weighted by Crippen LogP contribution is -2.39. The Morgan fingerprint density at radius 1 is 1.16 bits per heavy atom. The van der Waals surface area contributed by atoms with Gasteiger partial charge >= 0.3 is 6.18 Å². The first-order chi connectivity index (χ1) is 17.7. The van der Waals surface area contributed by atoms with E-state index in [1.54, 1.807) is 37.3 Å². The predicted octanol–water partition coefficient (Wildman–Crippen LogP) is 5.99. The molecular weight excluding hydrogens is 503 g/mol. The molecule has 0 radical (unpaired) electrons. The summed E-state index contributed by atoms with van der Waals surface area (Å²) in [6.07, 6.45) is -4.51. The van der Waals surface area contributed by atoms with Crippen LogP contribution in [-0.4, -0.2) is 16.0 Å². The molecule has 2 aromatic carbocycles. The van der Waals surface area contributed by atoms with Gasteiger partial charge in [-0.3, -0.25) is 9.69 Å². The van der Waals surface area contributed by atoms with Crippen molar-refractivity contribution in [2.45, 2.75) is 19.1 Å². The van der Waals surface area contributed by atoms with Gasteiger partial charge in [-0.25, -0.2) is 4.99 Å². The number of hydrogen-bond donors (Lipinski definition) is 2. The summed E-state index contributed by atoms with van der Waals surface area (Å²) in [5, 5.41) is 12.8. The molecule has 5 rings (SSSR count). The summed E-state index contributed by atoms with van der Waals surface area (Å²) in [7, 11) is 0. The number of aliphatic imine (C=N–C) groups is 1. The summed E-state index contributed by atoms with van der Waals surface area (Å²) in [4.78, 5) is 19.7. The summed E-state index contributed by atoms with van der Waals surface area (Å²) in [5.41, 5.74) is 6.86. The molecule has 1 atom stereocenters. The molecule has 11 heteroatoms. The second kappa shape index (κ2) is 9.22. The number of nitrogens with one attached hydrogen (secondary N) is 1. The summed E-state index contributed by atoms with van der Waals surface area (Å²) < 4.78 is 45.8. The SMILES string of the molecule is CC1=C(C(=O)Nc2ccccc2)[C@@H](c2ccc(-c3cccc(C(F)(F)F)c3)o2)N2C(=N1)SC(C#N)=C2N. The fraction of sp³-hybridized carbons (Fsp3) is 0.115. The third kappa shape index (κ3) is 4.47. The van der Waals surface area contributed by atoms with Gasteiger partial charge in [-0.05, 0) is 55.1 Å². The number of carbonyl (C=O) groups is 1. The van der Waals surface area contributed by atoms with Crippen molar-refractivity contribution in [2.75, 3.05) is 5.32 Å².